The summed E-state index contributed by atoms with van der Waals surface area (Å²) in [7, 11) is 0. The summed E-state index contributed by atoms with van der Waals surface area (Å²) in [4.78, 5) is 0. The van der Waals surface area contributed by atoms with Gasteiger partial charge in [0.05, 0.1) is 19.8 Å². The predicted molar refractivity (Wildman–Crippen MR) is 117 cm³/mol. The van der Waals surface area contributed by atoms with Crippen molar-refractivity contribution in [2.24, 2.45) is 0 Å². The highest BCUT2D eigenvalue weighted by molar-refractivity contribution is 6.30. The monoisotopic (exact) mass is 426 g/mol. The molecule has 0 bridgehead atoms. The minimum absolute atomic E-state index is 0.0969. The molecule has 3 nitrogen and oxygen atoms in total. The molecule has 3 aromatic rings. The van der Waals surface area contributed by atoms with Gasteiger partial charge in [0.1, 0.15) is 11.9 Å². The van der Waals surface area contributed by atoms with Gasteiger partial charge in [-0.3, -0.25) is 0 Å². The minimum atomic E-state index is -0.467. The smallest absolute Gasteiger partial charge is 0.184 e. The maximum absolute atomic E-state index is 15.1. The van der Waals surface area contributed by atoms with E-state index in [4.69, 9.17) is 25.8 Å². The Morgan fingerprint density at radius 3 is 2.53 bits per heavy atom. The molecule has 0 aromatic heterocycles. The molecule has 4 rings (SSSR count). The lowest BCUT2D eigenvalue weighted by Gasteiger charge is -2.29. The maximum Gasteiger partial charge on any atom is 0.184 e. The van der Waals surface area contributed by atoms with Crippen molar-refractivity contribution in [2.45, 2.75) is 25.2 Å². The van der Waals surface area contributed by atoms with Crippen LogP contribution in [-0.4, -0.2) is 25.9 Å². The van der Waals surface area contributed by atoms with E-state index >= 15 is 4.39 Å². The standard InChI is InChI=1S/C25H24ClFO3/c1-2-13-28-22-15-29-25(30-16-22)20-9-12-23-19(14-20)8-7-18(24(23)27)6-3-17-4-10-21(26)11-5-17/h2,4-5,7-12,14,22,25H,1,3,6,13,15-16H2. The van der Waals surface area contributed by atoms with Gasteiger partial charge in [0.25, 0.3) is 0 Å². The van der Waals surface area contributed by atoms with E-state index in [9.17, 15) is 0 Å². The van der Waals surface area contributed by atoms with E-state index in [0.29, 0.717) is 42.2 Å². The number of benzene rings is 3. The molecule has 0 spiro atoms. The van der Waals surface area contributed by atoms with E-state index in [0.717, 1.165) is 22.9 Å². The number of halogens is 2. The highest BCUT2D eigenvalue weighted by atomic mass is 35.5. The molecule has 0 radical (unpaired) electrons. The zero-order valence-electron chi connectivity index (χ0n) is 16.7. The van der Waals surface area contributed by atoms with Crippen LogP contribution in [0.4, 0.5) is 4.39 Å². The fourth-order valence-electron chi connectivity index (χ4n) is 3.60. The second kappa shape index (κ2) is 9.71. The van der Waals surface area contributed by atoms with Crippen LogP contribution in [0.3, 0.4) is 0 Å². The maximum atomic E-state index is 15.1. The zero-order chi connectivity index (χ0) is 20.9. The Bertz CT molecular complexity index is 1010. The minimum Gasteiger partial charge on any atom is -0.369 e. The Kier molecular flexibility index (Phi) is 6.80. The Morgan fingerprint density at radius 1 is 1.03 bits per heavy atom. The van der Waals surface area contributed by atoms with Gasteiger partial charge in [0.15, 0.2) is 6.29 Å². The van der Waals surface area contributed by atoms with Gasteiger partial charge in [-0.1, -0.05) is 54.1 Å². The van der Waals surface area contributed by atoms with Gasteiger partial charge < -0.3 is 14.2 Å². The van der Waals surface area contributed by atoms with Crippen LogP contribution in [0.25, 0.3) is 10.8 Å². The van der Waals surface area contributed by atoms with Crippen LogP contribution in [0.1, 0.15) is 23.0 Å². The number of hydrogen-bond donors (Lipinski definition) is 0. The fraction of sp³-hybridized carbons (Fsp3) is 0.280. The van der Waals surface area contributed by atoms with Gasteiger partial charge in [-0.15, -0.1) is 6.58 Å². The van der Waals surface area contributed by atoms with E-state index < -0.39 is 6.29 Å². The van der Waals surface area contributed by atoms with Crippen molar-refractivity contribution in [2.75, 3.05) is 19.8 Å². The van der Waals surface area contributed by atoms with Gasteiger partial charge in [-0.25, -0.2) is 4.39 Å². The molecule has 3 aromatic carbocycles. The molecule has 1 heterocycles. The van der Waals surface area contributed by atoms with Crippen molar-refractivity contribution in [3.8, 4) is 0 Å². The summed E-state index contributed by atoms with van der Waals surface area (Å²) in [6.45, 7) is 5.01. The number of aryl methyl sites for hydroxylation is 2. The number of fused-ring (bicyclic) bond motifs is 1. The predicted octanol–water partition coefficient (Wildman–Crippen LogP) is 6.03. The van der Waals surface area contributed by atoms with Crippen LogP contribution in [0, 0.1) is 5.82 Å². The molecular formula is C25H24ClFO3. The summed E-state index contributed by atoms with van der Waals surface area (Å²) in [5, 5.41) is 2.14. The lowest BCUT2D eigenvalue weighted by Crippen LogP contribution is -2.33. The summed E-state index contributed by atoms with van der Waals surface area (Å²) < 4.78 is 32.2. The van der Waals surface area contributed by atoms with Gasteiger partial charge in [-0.2, -0.15) is 0 Å². The molecular weight excluding hydrogens is 403 g/mol. The van der Waals surface area contributed by atoms with Crippen molar-refractivity contribution in [1.82, 2.24) is 0 Å². The highest BCUT2D eigenvalue weighted by Crippen LogP contribution is 2.29. The average Bonchev–Trinajstić information content (AvgIpc) is 2.78. The van der Waals surface area contributed by atoms with Crippen LogP contribution in [0.2, 0.25) is 5.02 Å². The molecule has 1 aliphatic heterocycles. The summed E-state index contributed by atoms with van der Waals surface area (Å²) in [5.74, 6) is -0.170. The molecule has 0 N–H and O–H groups in total. The van der Waals surface area contributed by atoms with Gasteiger partial charge in [-0.05, 0) is 47.6 Å². The van der Waals surface area contributed by atoms with Crippen molar-refractivity contribution >= 4 is 22.4 Å². The third-order valence-electron chi connectivity index (χ3n) is 5.24. The number of rotatable bonds is 7. The third-order valence-corrected chi connectivity index (χ3v) is 5.50. The van der Waals surface area contributed by atoms with Crippen LogP contribution in [-0.2, 0) is 27.1 Å². The van der Waals surface area contributed by atoms with Crippen LogP contribution in [0.5, 0.6) is 0 Å². The summed E-state index contributed by atoms with van der Waals surface area (Å²) in [6, 6.07) is 17.1. The van der Waals surface area contributed by atoms with Crippen LogP contribution >= 0.6 is 11.6 Å². The number of hydrogen-bond acceptors (Lipinski definition) is 3. The molecule has 0 saturated carbocycles. The van der Waals surface area contributed by atoms with Gasteiger partial charge in [0, 0.05) is 16.0 Å². The van der Waals surface area contributed by atoms with Gasteiger partial charge >= 0.3 is 0 Å². The van der Waals surface area contributed by atoms with Crippen molar-refractivity contribution in [3.05, 3.63) is 94.8 Å². The molecule has 0 amide bonds. The van der Waals surface area contributed by atoms with E-state index in [1.54, 1.807) is 12.1 Å². The van der Waals surface area contributed by atoms with Crippen molar-refractivity contribution < 1.29 is 18.6 Å². The second-order valence-corrected chi connectivity index (χ2v) is 7.82. The molecule has 1 saturated heterocycles. The topological polar surface area (TPSA) is 27.7 Å². The van der Waals surface area contributed by atoms with E-state index in [-0.39, 0.29) is 11.9 Å². The third kappa shape index (κ3) is 4.90. The molecule has 30 heavy (non-hydrogen) atoms. The van der Waals surface area contributed by atoms with E-state index in [1.165, 1.54) is 0 Å². The first kappa shape index (κ1) is 21.0. The highest BCUT2D eigenvalue weighted by Gasteiger charge is 2.24. The zero-order valence-corrected chi connectivity index (χ0v) is 17.4. The Labute approximate surface area is 181 Å². The molecule has 156 valence electrons. The van der Waals surface area contributed by atoms with Gasteiger partial charge in [0.2, 0.25) is 0 Å². The average molecular weight is 427 g/mol. The quantitative estimate of drug-likeness (QED) is 0.431. The molecule has 0 unspecified atom stereocenters. The molecule has 0 aliphatic carbocycles. The van der Waals surface area contributed by atoms with Crippen LogP contribution < -0.4 is 0 Å². The summed E-state index contributed by atoms with van der Waals surface area (Å²) >= 11 is 5.93. The first-order valence-electron chi connectivity index (χ1n) is 10.0. The largest absolute Gasteiger partial charge is 0.369 e. The second-order valence-electron chi connectivity index (χ2n) is 7.39. The lowest BCUT2D eigenvalue weighted by molar-refractivity contribution is -0.228. The lowest BCUT2D eigenvalue weighted by atomic mass is 9.99. The van der Waals surface area contributed by atoms with E-state index in [2.05, 4.69) is 6.58 Å². The summed E-state index contributed by atoms with van der Waals surface area (Å²) in [5.41, 5.74) is 2.71. The fourth-order valence-corrected chi connectivity index (χ4v) is 3.73. The molecule has 1 fully saturated rings. The number of ether oxygens (including phenoxy) is 3. The molecule has 1 aliphatic rings. The first-order chi connectivity index (χ1) is 14.6. The molecule has 5 heteroatoms. The van der Waals surface area contributed by atoms with E-state index in [1.807, 2.05) is 48.5 Å². The Hall–Kier alpha value is -2.24. The van der Waals surface area contributed by atoms with Crippen molar-refractivity contribution in [1.29, 1.82) is 0 Å². The Morgan fingerprint density at radius 2 is 1.80 bits per heavy atom. The SMILES string of the molecule is C=CCOC1COC(c2ccc3c(F)c(CCc4ccc(Cl)cc4)ccc3c2)OC1. The van der Waals surface area contributed by atoms with Crippen molar-refractivity contribution in [3.63, 3.8) is 0 Å². The first-order valence-corrected chi connectivity index (χ1v) is 10.4. The summed E-state index contributed by atoms with van der Waals surface area (Å²) in [6.07, 6.45) is 2.53. The normalized spacial score (nSPS) is 19.1. The van der Waals surface area contributed by atoms with Crippen LogP contribution in [0.15, 0.2) is 67.3 Å². The Balaban J connectivity index is 1.44. The molecule has 0 atom stereocenters.